The smallest absolute Gasteiger partial charge is 0.341 e. The van der Waals surface area contributed by atoms with Crippen molar-refractivity contribution in [3.63, 3.8) is 0 Å². The normalized spacial score (nSPS) is 29.6. The first-order chi connectivity index (χ1) is 38.7. The van der Waals surface area contributed by atoms with Crippen LogP contribution in [-0.4, -0.2) is 141 Å². The SMILES string of the molecule is CO[C@H]1/C=C/O[C@@]2(C)Oc3c(C)c(O)c4c(c3C2=O)C(=O)C(N2CC(C(=O)NC3CCN(c5c(F)cc6c(=O)c(C(=O)O)cn(C7CC7)c6c5CI)C3)C2)=C(NC(=O)/C(C)=C\C=C\[C@H](C)[C@H](O)[C@@H](C)[C@@H](O)[C@@H](C)[C@H](OC(C)=O)[C@@H]1C)C4=O. The number of ketones is 3. The number of aromatic carboxylic acids is 1. The van der Waals surface area contributed by atoms with Crippen LogP contribution in [0.4, 0.5) is 10.1 Å². The number of nitrogens with zero attached hydrogens (tertiary/aromatic N) is 3. The van der Waals surface area contributed by atoms with Gasteiger partial charge in [-0.1, -0.05) is 68.5 Å². The lowest BCUT2D eigenvalue weighted by Crippen LogP contribution is -2.57. The number of benzene rings is 2. The summed E-state index contributed by atoms with van der Waals surface area (Å²) in [6, 6.07) is 0.576. The van der Waals surface area contributed by atoms with Crippen LogP contribution < -0.4 is 25.7 Å². The maximum Gasteiger partial charge on any atom is 0.341 e. The molecule has 2 saturated heterocycles. The summed E-state index contributed by atoms with van der Waals surface area (Å²) in [5, 5.41) is 50.3. The van der Waals surface area contributed by atoms with Gasteiger partial charge in [-0.15, -0.1) is 0 Å². The van der Waals surface area contributed by atoms with Crippen molar-refractivity contribution in [2.24, 2.45) is 29.6 Å². The lowest BCUT2D eigenvalue weighted by molar-refractivity contribution is -0.160. The molecule has 438 valence electrons. The Kier molecular flexibility index (Phi) is 16.7. The number of carbonyl (C=O) groups excluding carboxylic acids is 6. The number of aromatic hydroxyl groups is 1. The minimum Gasteiger partial charge on any atom is -0.507 e. The Balaban J connectivity index is 1.02. The van der Waals surface area contributed by atoms with E-state index in [1.54, 1.807) is 43.2 Å². The molecule has 2 aliphatic carbocycles. The van der Waals surface area contributed by atoms with Crippen LogP contribution in [0, 0.1) is 42.3 Å². The van der Waals surface area contributed by atoms with Crippen LogP contribution in [0.3, 0.4) is 0 Å². The van der Waals surface area contributed by atoms with E-state index in [0.717, 1.165) is 25.2 Å². The molecule has 2 amide bonds. The number of phenols is 1. The zero-order valence-electron chi connectivity index (χ0n) is 46.8. The number of aromatic nitrogens is 1. The van der Waals surface area contributed by atoms with Gasteiger partial charge in [0, 0.05) is 116 Å². The van der Waals surface area contributed by atoms with Crippen LogP contribution in [0.2, 0.25) is 0 Å². The average molecular weight is 1250 g/mol. The van der Waals surface area contributed by atoms with E-state index in [1.807, 2.05) is 0 Å². The molecule has 10 atom stereocenters. The molecule has 3 aromatic rings. The number of rotatable bonds is 9. The number of amides is 2. The molecule has 0 radical (unpaired) electrons. The number of likely N-dealkylation sites (tertiary alicyclic amines) is 1. The highest BCUT2D eigenvalue weighted by Crippen LogP contribution is 2.50. The molecular weight excluding hydrogens is 1180 g/mol. The Morgan fingerprint density at radius 3 is 2.26 bits per heavy atom. The van der Waals surface area contributed by atoms with E-state index >= 15 is 9.18 Å². The number of pyridine rings is 1. The molecule has 0 spiro atoms. The number of anilines is 1. The van der Waals surface area contributed by atoms with Crippen molar-refractivity contribution in [3.05, 3.63) is 109 Å². The summed E-state index contributed by atoms with van der Waals surface area (Å²) in [4.78, 5) is 114. The number of allylic oxidation sites excluding steroid dienone is 4. The van der Waals surface area contributed by atoms with Crippen molar-refractivity contribution in [1.29, 1.82) is 0 Å². The fraction of sp³-hybridized carbons (Fsp3) is 0.492. The number of ether oxygens (including phenoxy) is 4. The minimum atomic E-state index is -2.20. The second kappa shape index (κ2) is 23.0. The number of aliphatic hydroxyl groups excluding tert-OH is 2. The lowest BCUT2D eigenvalue weighted by Gasteiger charge is -2.43. The predicted molar refractivity (Wildman–Crippen MR) is 303 cm³/mol. The zero-order valence-corrected chi connectivity index (χ0v) is 49.0. The van der Waals surface area contributed by atoms with E-state index in [1.165, 1.54) is 64.1 Å². The Morgan fingerprint density at radius 2 is 1.62 bits per heavy atom. The van der Waals surface area contributed by atoms with Crippen molar-refractivity contribution in [2.45, 2.75) is 121 Å². The highest BCUT2D eigenvalue weighted by molar-refractivity contribution is 14.1. The molecule has 23 heteroatoms. The van der Waals surface area contributed by atoms with Gasteiger partial charge in [0.2, 0.25) is 22.9 Å². The van der Waals surface area contributed by atoms with Crippen LogP contribution in [0.5, 0.6) is 11.5 Å². The van der Waals surface area contributed by atoms with Crippen LogP contribution in [0.15, 0.2) is 64.6 Å². The van der Waals surface area contributed by atoms with Crippen molar-refractivity contribution < 1.29 is 77.3 Å². The van der Waals surface area contributed by atoms with Gasteiger partial charge in [-0.2, -0.15) is 0 Å². The highest BCUT2D eigenvalue weighted by atomic mass is 127. The van der Waals surface area contributed by atoms with Gasteiger partial charge < -0.3 is 64.4 Å². The summed E-state index contributed by atoms with van der Waals surface area (Å²) >= 11 is 2.10. The summed E-state index contributed by atoms with van der Waals surface area (Å²) in [6.45, 7) is 12.3. The Hall–Kier alpha value is -6.96. The van der Waals surface area contributed by atoms with Crippen LogP contribution in [0.1, 0.15) is 126 Å². The van der Waals surface area contributed by atoms with E-state index in [0.29, 0.717) is 28.5 Å². The van der Waals surface area contributed by atoms with Crippen molar-refractivity contribution >= 4 is 80.3 Å². The third kappa shape index (κ3) is 10.6. The van der Waals surface area contributed by atoms with E-state index in [2.05, 4.69) is 33.2 Å². The topological polar surface area (TPSA) is 290 Å². The Labute approximate surface area is 485 Å². The Morgan fingerprint density at radius 1 is 0.927 bits per heavy atom. The number of hydrogen-bond acceptors (Lipinski definition) is 17. The molecule has 1 aromatic heterocycles. The molecule has 1 unspecified atom stereocenters. The van der Waals surface area contributed by atoms with Gasteiger partial charge >= 0.3 is 17.7 Å². The van der Waals surface area contributed by atoms with E-state index in [9.17, 15) is 54.0 Å². The molecule has 5 aliphatic heterocycles. The highest BCUT2D eigenvalue weighted by Gasteiger charge is 2.54. The number of phenolic OH excluding ortho intramolecular Hbond substituents is 1. The summed E-state index contributed by atoms with van der Waals surface area (Å²) < 4.78 is 42.0. The number of carboxylic acids is 1. The third-order valence-electron chi connectivity index (χ3n) is 17.0. The van der Waals surface area contributed by atoms with Crippen LogP contribution in [-0.2, 0) is 33.0 Å². The fourth-order valence-electron chi connectivity index (χ4n) is 12.0. The molecule has 1 saturated carbocycles. The number of Topliss-reactive ketones (excluding diaryl/α,β-unsaturated/α-hetero) is 3. The maximum absolute atomic E-state index is 16.3. The first-order valence-corrected chi connectivity index (χ1v) is 28.8. The lowest BCUT2D eigenvalue weighted by atomic mass is 9.78. The molecule has 21 nitrogen and oxygen atoms in total. The first-order valence-electron chi connectivity index (χ1n) is 27.3. The number of fused-ring (bicyclic) bond motifs is 15. The van der Waals surface area contributed by atoms with Crippen molar-refractivity contribution in [2.75, 3.05) is 38.2 Å². The van der Waals surface area contributed by atoms with Gasteiger partial charge in [-0.05, 0) is 45.3 Å². The van der Waals surface area contributed by atoms with Gasteiger partial charge in [0.25, 0.3) is 11.7 Å². The quantitative estimate of drug-likeness (QED) is 0.0850. The number of halogens is 2. The average Bonchev–Trinajstić information content (AvgIpc) is 4.29. The number of aliphatic hydroxyl groups is 2. The van der Waals surface area contributed by atoms with Crippen molar-refractivity contribution in [1.82, 2.24) is 20.1 Å². The van der Waals surface area contributed by atoms with E-state index < -0.39 is 146 Å². The van der Waals surface area contributed by atoms with Gasteiger partial charge in [-0.25, -0.2) is 9.18 Å². The fourth-order valence-corrected chi connectivity index (χ4v) is 12.7. The van der Waals surface area contributed by atoms with E-state index in [4.69, 9.17) is 18.9 Å². The number of hydrogen-bond donors (Lipinski definition) is 6. The minimum absolute atomic E-state index is 0.0200. The number of esters is 1. The number of carboxylic acid groups (broad SMARTS) is 1. The molecule has 3 fully saturated rings. The molecule has 2 aromatic carbocycles. The van der Waals surface area contributed by atoms with Crippen LogP contribution >= 0.6 is 22.6 Å². The largest absolute Gasteiger partial charge is 0.507 e. The second-order valence-electron chi connectivity index (χ2n) is 22.6. The molecular formula is C59H67FIN5O16. The van der Waals surface area contributed by atoms with Gasteiger partial charge in [0.05, 0.1) is 58.4 Å². The molecule has 5 bridgehead atoms. The number of alkyl halides is 1. The number of methoxy groups -OCH3 is 1. The van der Waals surface area contributed by atoms with Crippen LogP contribution in [0.25, 0.3) is 10.9 Å². The summed E-state index contributed by atoms with van der Waals surface area (Å²) in [6.07, 6.45) is 6.22. The van der Waals surface area contributed by atoms with Crippen molar-refractivity contribution in [3.8, 4) is 11.5 Å². The summed E-state index contributed by atoms with van der Waals surface area (Å²) in [5.41, 5.74) is -2.32. The van der Waals surface area contributed by atoms with Gasteiger partial charge in [0.15, 0.2) is 0 Å². The number of nitrogens with one attached hydrogen (secondary N) is 2. The second-order valence-corrected chi connectivity index (χ2v) is 23.3. The van der Waals surface area contributed by atoms with Gasteiger partial charge in [0.1, 0.15) is 40.4 Å². The van der Waals surface area contributed by atoms with Gasteiger partial charge in [-0.3, -0.25) is 33.6 Å². The number of carbonyl (C=O) groups is 7. The van der Waals surface area contributed by atoms with E-state index in [-0.39, 0.29) is 64.9 Å². The predicted octanol–water partition coefficient (Wildman–Crippen LogP) is 5.71. The molecule has 6 N–H and O–H groups in total. The summed E-state index contributed by atoms with van der Waals surface area (Å²) in [5.74, 6) is -13.5. The Bertz CT molecular complexity index is 3420. The molecule has 10 rings (SSSR count). The summed E-state index contributed by atoms with van der Waals surface area (Å²) in [7, 11) is 1.40. The molecule has 6 heterocycles. The third-order valence-corrected chi connectivity index (χ3v) is 17.8. The maximum atomic E-state index is 16.3. The molecule has 7 aliphatic rings. The zero-order chi connectivity index (χ0) is 59.7. The first kappa shape index (κ1) is 59.7. The molecule has 82 heavy (non-hydrogen) atoms. The standard InChI is InChI=1S/C59H67FIN5O16/c1-25-11-10-12-26(2)56(75)63-43-46(65-21-32(22-65)57(76)62-33-15-17-64(23-33)45-36(20-61)44-35(19-38(45)60)50(71)37(58(77)78)24-66(44)34-13-14-34)52(73)40-41(51(43)72)49(70)30(6)54-42(40)55(74)59(8,82-54)80-18-16-39(79-9)27(3)53(81-31(7)67)29(5)48(69)28(4)47(25)68/h10-12,16,18-19,24-25,27-29,32-34,39,47-48,53,68-70H,13-15,17,20-23H2,1-9H3,(H,62,76)(H,63,75)(H,77,78)/b11-10+,18-16+,26-12-/t25-,27+,28+,29+,33?,39-,47-,48+,53+,59-/m0/s1. The monoisotopic (exact) mass is 1250 g/mol.